The van der Waals surface area contributed by atoms with Gasteiger partial charge in [0.1, 0.15) is 29.9 Å². The van der Waals surface area contributed by atoms with Crippen molar-refractivity contribution in [3.05, 3.63) is 52.5 Å². The molecule has 88 valence electrons. The third-order valence-electron chi connectivity index (χ3n) is 2.71. The minimum Gasteiger partial charge on any atom is -0.488 e. The molecule has 0 bridgehead atoms. The van der Waals surface area contributed by atoms with Gasteiger partial charge in [0.25, 0.3) is 0 Å². The van der Waals surface area contributed by atoms with Crippen molar-refractivity contribution < 1.29 is 9.47 Å². The Bertz CT molecular complexity index is 661. The van der Waals surface area contributed by atoms with E-state index in [1.807, 2.05) is 24.3 Å². The van der Waals surface area contributed by atoms with Crippen LogP contribution in [0.2, 0.25) is 5.02 Å². The standard InChI is InChI=1S/C14H8ClNO2/c15-13-6-12(2-1-9(13)7-16)18-11-3-4-14-10(5-11)8-17-14/h1-6H,8H2. The Hall–Kier alpha value is -2.18. The van der Waals surface area contributed by atoms with E-state index >= 15 is 0 Å². The van der Waals surface area contributed by atoms with Crippen LogP contribution in [0.4, 0.5) is 0 Å². The molecule has 0 amide bonds. The van der Waals surface area contributed by atoms with Crippen LogP contribution < -0.4 is 9.47 Å². The Balaban J connectivity index is 1.86. The van der Waals surface area contributed by atoms with Crippen molar-refractivity contribution in [2.75, 3.05) is 0 Å². The highest BCUT2D eigenvalue weighted by Gasteiger charge is 2.15. The molecule has 3 nitrogen and oxygen atoms in total. The summed E-state index contributed by atoms with van der Waals surface area (Å²) in [4.78, 5) is 0. The fourth-order valence-corrected chi connectivity index (χ4v) is 1.95. The maximum absolute atomic E-state index is 8.78. The first-order chi connectivity index (χ1) is 8.76. The first-order valence-corrected chi connectivity index (χ1v) is 5.77. The average molecular weight is 258 g/mol. The van der Waals surface area contributed by atoms with Crippen molar-refractivity contribution in [2.24, 2.45) is 0 Å². The number of fused-ring (bicyclic) bond motifs is 1. The first-order valence-electron chi connectivity index (χ1n) is 5.39. The predicted molar refractivity (Wildman–Crippen MR) is 67.0 cm³/mol. The molecule has 0 fully saturated rings. The lowest BCUT2D eigenvalue weighted by Gasteiger charge is -2.20. The van der Waals surface area contributed by atoms with E-state index in [2.05, 4.69) is 0 Å². The van der Waals surface area contributed by atoms with Crippen LogP contribution in [0.3, 0.4) is 0 Å². The number of benzene rings is 2. The van der Waals surface area contributed by atoms with E-state index in [-0.39, 0.29) is 0 Å². The van der Waals surface area contributed by atoms with Crippen LogP contribution in [0.15, 0.2) is 36.4 Å². The Morgan fingerprint density at radius 3 is 2.56 bits per heavy atom. The SMILES string of the molecule is N#Cc1ccc(Oc2ccc3c(c2)CO3)cc1Cl. The molecule has 4 heteroatoms. The topological polar surface area (TPSA) is 42.2 Å². The molecule has 2 aromatic rings. The van der Waals surface area contributed by atoms with Gasteiger partial charge in [0.05, 0.1) is 10.6 Å². The summed E-state index contributed by atoms with van der Waals surface area (Å²) in [7, 11) is 0. The Labute approximate surface area is 109 Å². The summed E-state index contributed by atoms with van der Waals surface area (Å²) in [5.74, 6) is 2.25. The minimum absolute atomic E-state index is 0.391. The smallest absolute Gasteiger partial charge is 0.129 e. The van der Waals surface area contributed by atoms with Crippen LogP contribution in [0.1, 0.15) is 11.1 Å². The molecule has 1 heterocycles. The molecule has 0 spiro atoms. The first kappa shape index (κ1) is 10.9. The lowest BCUT2D eigenvalue weighted by atomic mass is 10.1. The van der Waals surface area contributed by atoms with Crippen molar-refractivity contribution in [2.45, 2.75) is 6.61 Å². The van der Waals surface area contributed by atoms with E-state index in [0.29, 0.717) is 22.9 Å². The summed E-state index contributed by atoms with van der Waals surface area (Å²) in [6.45, 7) is 0.626. The molecule has 1 aliphatic heterocycles. The van der Waals surface area contributed by atoms with Gasteiger partial charge in [-0.2, -0.15) is 5.26 Å². The lowest BCUT2D eigenvalue weighted by molar-refractivity contribution is 0.242. The highest BCUT2D eigenvalue weighted by Crippen LogP contribution is 2.34. The van der Waals surface area contributed by atoms with E-state index in [1.54, 1.807) is 18.2 Å². The Kier molecular flexibility index (Phi) is 2.58. The van der Waals surface area contributed by atoms with Crippen LogP contribution >= 0.6 is 11.6 Å². The highest BCUT2D eigenvalue weighted by atomic mass is 35.5. The third kappa shape index (κ3) is 1.87. The van der Waals surface area contributed by atoms with Gasteiger partial charge >= 0.3 is 0 Å². The van der Waals surface area contributed by atoms with E-state index in [0.717, 1.165) is 17.1 Å². The fourth-order valence-electron chi connectivity index (χ4n) is 1.73. The van der Waals surface area contributed by atoms with Crippen LogP contribution in [-0.2, 0) is 6.61 Å². The van der Waals surface area contributed by atoms with Crippen LogP contribution in [-0.4, -0.2) is 0 Å². The monoisotopic (exact) mass is 257 g/mol. The van der Waals surface area contributed by atoms with Gasteiger partial charge in [0.15, 0.2) is 0 Å². The number of ether oxygens (including phenoxy) is 2. The molecule has 2 aromatic carbocycles. The van der Waals surface area contributed by atoms with Crippen LogP contribution in [0, 0.1) is 11.3 Å². The molecule has 0 atom stereocenters. The van der Waals surface area contributed by atoms with Gasteiger partial charge in [-0.1, -0.05) is 11.6 Å². The van der Waals surface area contributed by atoms with Gasteiger partial charge in [-0.15, -0.1) is 0 Å². The van der Waals surface area contributed by atoms with Gasteiger partial charge in [-0.3, -0.25) is 0 Å². The van der Waals surface area contributed by atoms with Crippen molar-refractivity contribution in [1.82, 2.24) is 0 Å². The molecule has 0 N–H and O–H groups in total. The Morgan fingerprint density at radius 2 is 1.94 bits per heavy atom. The zero-order chi connectivity index (χ0) is 12.5. The van der Waals surface area contributed by atoms with Gasteiger partial charge in [-0.25, -0.2) is 0 Å². The summed E-state index contributed by atoms with van der Waals surface area (Å²) in [6, 6.07) is 12.7. The summed E-state index contributed by atoms with van der Waals surface area (Å²) in [6.07, 6.45) is 0. The molecule has 1 aliphatic rings. The summed E-state index contributed by atoms with van der Waals surface area (Å²) in [5.41, 5.74) is 1.57. The fraction of sp³-hybridized carbons (Fsp3) is 0.0714. The number of rotatable bonds is 2. The number of nitrogens with zero attached hydrogens (tertiary/aromatic N) is 1. The van der Waals surface area contributed by atoms with Crippen LogP contribution in [0.25, 0.3) is 0 Å². The highest BCUT2D eigenvalue weighted by molar-refractivity contribution is 6.31. The maximum atomic E-state index is 8.78. The average Bonchev–Trinajstić information content (AvgIpc) is 2.33. The molecule has 3 rings (SSSR count). The zero-order valence-corrected chi connectivity index (χ0v) is 10.1. The second-order valence-corrected chi connectivity index (χ2v) is 4.32. The predicted octanol–water partition coefficient (Wildman–Crippen LogP) is 3.90. The van der Waals surface area contributed by atoms with Crippen molar-refractivity contribution >= 4 is 11.6 Å². The minimum atomic E-state index is 0.391. The Morgan fingerprint density at radius 1 is 1.17 bits per heavy atom. The number of halogens is 1. The quantitative estimate of drug-likeness (QED) is 0.819. The number of nitriles is 1. The van der Waals surface area contributed by atoms with Gasteiger partial charge in [0.2, 0.25) is 0 Å². The maximum Gasteiger partial charge on any atom is 0.129 e. The summed E-state index contributed by atoms with van der Waals surface area (Å²) in [5, 5.41) is 9.18. The van der Waals surface area contributed by atoms with Crippen molar-refractivity contribution in [3.8, 4) is 23.3 Å². The normalized spacial score (nSPS) is 11.8. The largest absolute Gasteiger partial charge is 0.488 e. The second-order valence-electron chi connectivity index (χ2n) is 3.91. The summed E-state index contributed by atoms with van der Waals surface area (Å²) >= 11 is 5.94. The van der Waals surface area contributed by atoms with E-state index in [1.165, 1.54) is 0 Å². The van der Waals surface area contributed by atoms with Gasteiger partial charge in [0, 0.05) is 11.6 Å². The van der Waals surface area contributed by atoms with E-state index < -0.39 is 0 Å². The second kappa shape index (κ2) is 4.25. The van der Waals surface area contributed by atoms with Crippen molar-refractivity contribution in [3.63, 3.8) is 0 Å². The number of hydrogen-bond donors (Lipinski definition) is 0. The van der Waals surface area contributed by atoms with E-state index in [9.17, 15) is 0 Å². The number of hydrogen-bond acceptors (Lipinski definition) is 3. The molecule has 0 saturated heterocycles. The molecule has 18 heavy (non-hydrogen) atoms. The summed E-state index contributed by atoms with van der Waals surface area (Å²) < 4.78 is 10.9. The molecular formula is C14H8ClNO2. The van der Waals surface area contributed by atoms with E-state index in [4.69, 9.17) is 26.3 Å². The molecular weight excluding hydrogens is 250 g/mol. The molecule has 0 aliphatic carbocycles. The molecule has 0 unspecified atom stereocenters. The molecule has 0 saturated carbocycles. The zero-order valence-electron chi connectivity index (χ0n) is 9.31. The van der Waals surface area contributed by atoms with Gasteiger partial charge in [-0.05, 0) is 30.3 Å². The van der Waals surface area contributed by atoms with Crippen LogP contribution in [0.5, 0.6) is 17.2 Å². The van der Waals surface area contributed by atoms with Crippen molar-refractivity contribution in [1.29, 1.82) is 5.26 Å². The lowest BCUT2D eigenvalue weighted by Crippen LogP contribution is -2.08. The third-order valence-corrected chi connectivity index (χ3v) is 3.02. The molecule has 0 aromatic heterocycles. The molecule has 0 radical (unpaired) electrons. The van der Waals surface area contributed by atoms with Gasteiger partial charge < -0.3 is 9.47 Å².